The van der Waals surface area contributed by atoms with Crippen LogP contribution >= 0.6 is 0 Å². The van der Waals surface area contributed by atoms with E-state index in [-0.39, 0.29) is 11.7 Å². The van der Waals surface area contributed by atoms with Crippen LogP contribution in [-0.4, -0.2) is 23.2 Å². The number of fused-ring (bicyclic) bond motifs is 1. The lowest BCUT2D eigenvalue weighted by atomic mass is 10.1. The Hall–Kier alpha value is -3.74. The quantitative estimate of drug-likeness (QED) is 0.505. The number of nitrogens with one attached hydrogen (secondary N) is 2. The van der Waals surface area contributed by atoms with Crippen LogP contribution in [0.15, 0.2) is 59.0 Å². The van der Waals surface area contributed by atoms with Gasteiger partial charge in [0.2, 0.25) is 0 Å². The zero-order valence-electron chi connectivity index (χ0n) is 14.7. The molecule has 0 atom stereocenters. The molecule has 0 aliphatic rings. The van der Waals surface area contributed by atoms with Gasteiger partial charge in [-0.3, -0.25) is 9.89 Å². The molecule has 0 spiro atoms. The minimum absolute atomic E-state index is 0.247. The second-order valence-electron chi connectivity index (χ2n) is 6.07. The van der Waals surface area contributed by atoms with Crippen LogP contribution in [0.3, 0.4) is 0 Å². The third-order valence-corrected chi connectivity index (χ3v) is 4.29. The van der Waals surface area contributed by atoms with Crippen molar-refractivity contribution >= 4 is 22.6 Å². The third kappa shape index (κ3) is 3.35. The summed E-state index contributed by atoms with van der Waals surface area (Å²) in [5, 5.41) is 10.5. The van der Waals surface area contributed by atoms with Gasteiger partial charge in [0.05, 0.1) is 12.6 Å². The van der Waals surface area contributed by atoms with Gasteiger partial charge in [-0.05, 0) is 42.0 Å². The van der Waals surface area contributed by atoms with Crippen molar-refractivity contribution in [2.75, 3.05) is 12.8 Å². The van der Waals surface area contributed by atoms with Gasteiger partial charge in [0.15, 0.2) is 11.6 Å². The molecule has 4 aromatic rings. The Labute approximate surface area is 155 Å². The number of rotatable bonds is 5. The average Bonchev–Trinajstić information content (AvgIpc) is 3.33. The first-order valence-corrected chi connectivity index (χ1v) is 8.39. The topological polar surface area (TPSA) is 106 Å². The molecule has 0 bridgehead atoms. The molecule has 0 saturated carbocycles. The number of ether oxygens (including phenoxy) is 1. The van der Waals surface area contributed by atoms with Crippen molar-refractivity contribution in [3.05, 3.63) is 65.9 Å². The number of H-pyrrole nitrogens is 1. The van der Waals surface area contributed by atoms with Crippen molar-refractivity contribution in [2.24, 2.45) is 0 Å². The van der Waals surface area contributed by atoms with Crippen molar-refractivity contribution in [1.82, 2.24) is 15.5 Å². The lowest BCUT2D eigenvalue weighted by Gasteiger charge is -2.05. The first-order valence-electron chi connectivity index (χ1n) is 8.39. The molecule has 136 valence electrons. The van der Waals surface area contributed by atoms with Gasteiger partial charge in [-0.15, -0.1) is 0 Å². The maximum atomic E-state index is 12.4. The van der Waals surface area contributed by atoms with E-state index >= 15 is 0 Å². The SMILES string of the molecule is COc1cccc(CNC(=O)c2ccc(-c3ccc4c(N)n[nH]c4c3)o2)c1. The minimum atomic E-state index is -0.282. The zero-order valence-corrected chi connectivity index (χ0v) is 14.7. The second kappa shape index (κ2) is 6.87. The Balaban J connectivity index is 1.48. The van der Waals surface area contributed by atoms with E-state index in [1.165, 1.54) is 0 Å². The fourth-order valence-corrected chi connectivity index (χ4v) is 2.86. The summed E-state index contributed by atoms with van der Waals surface area (Å²) in [6.07, 6.45) is 0. The summed E-state index contributed by atoms with van der Waals surface area (Å²) in [5.74, 6) is 1.76. The summed E-state index contributed by atoms with van der Waals surface area (Å²) in [4.78, 5) is 12.4. The van der Waals surface area contributed by atoms with Crippen LogP contribution in [0.2, 0.25) is 0 Å². The Morgan fingerprint density at radius 2 is 2.11 bits per heavy atom. The predicted octanol–water partition coefficient (Wildman–Crippen LogP) is 3.34. The number of nitrogens with zero attached hydrogens (tertiary/aromatic N) is 1. The highest BCUT2D eigenvalue weighted by Crippen LogP contribution is 2.27. The largest absolute Gasteiger partial charge is 0.497 e. The number of hydrogen-bond acceptors (Lipinski definition) is 5. The van der Waals surface area contributed by atoms with Gasteiger partial charge < -0.3 is 20.2 Å². The third-order valence-electron chi connectivity index (χ3n) is 4.29. The molecule has 0 fully saturated rings. The maximum absolute atomic E-state index is 12.4. The number of carbonyl (C=O) groups is 1. The number of amides is 1. The van der Waals surface area contributed by atoms with E-state index in [1.54, 1.807) is 19.2 Å². The summed E-state index contributed by atoms with van der Waals surface area (Å²) >= 11 is 0. The molecule has 4 rings (SSSR count). The van der Waals surface area contributed by atoms with Crippen LogP contribution in [0.4, 0.5) is 5.82 Å². The Morgan fingerprint density at radius 1 is 1.22 bits per heavy atom. The monoisotopic (exact) mass is 362 g/mol. The van der Waals surface area contributed by atoms with Crippen LogP contribution in [0.25, 0.3) is 22.2 Å². The molecule has 27 heavy (non-hydrogen) atoms. The van der Waals surface area contributed by atoms with Gasteiger partial charge in [0, 0.05) is 17.5 Å². The average molecular weight is 362 g/mol. The van der Waals surface area contributed by atoms with E-state index in [0.29, 0.717) is 18.1 Å². The molecule has 0 unspecified atom stereocenters. The summed E-state index contributed by atoms with van der Waals surface area (Å²) < 4.78 is 10.9. The van der Waals surface area contributed by atoms with E-state index in [1.807, 2.05) is 42.5 Å². The standard InChI is InChI=1S/C20H18N4O3/c1-26-14-4-2-3-12(9-14)11-22-20(25)18-8-7-17(27-18)13-5-6-15-16(10-13)23-24-19(15)21/h2-10H,11H2,1H3,(H,22,25)(H3,21,23,24). The number of nitrogen functional groups attached to an aromatic ring is 1. The van der Waals surface area contributed by atoms with Crippen LogP contribution in [0.5, 0.6) is 5.75 Å². The molecule has 2 heterocycles. The molecule has 0 saturated heterocycles. The lowest BCUT2D eigenvalue weighted by molar-refractivity contribution is 0.0924. The highest BCUT2D eigenvalue weighted by molar-refractivity contribution is 5.93. The van der Waals surface area contributed by atoms with Crippen molar-refractivity contribution in [1.29, 1.82) is 0 Å². The summed E-state index contributed by atoms with van der Waals surface area (Å²) in [6.45, 7) is 0.380. The molecule has 1 amide bonds. The Morgan fingerprint density at radius 3 is 2.96 bits per heavy atom. The van der Waals surface area contributed by atoms with Gasteiger partial charge in [-0.2, -0.15) is 5.10 Å². The molecule has 7 nitrogen and oxygen atoms in total. The smallest absolute Gasteiger partial charge is 0.287 e. The van der Waals surface area contributed by atoms with E-state index in [4.69, 9.17) is 14.9 Å². The van der Waals surface area contributed by atoms with Gasteiger partial charge >= 0.3 is 0 Å². The molecule has 7 heteroatoms. The van der Waals surface area contributed by atoms with Gasteiger partial charge in [-0.1, -0.05) is 18.2 Å². The minimum Gasteiger partial charge on any atom is -0.497 e. The first-order chi connectivity index (χ1) is 13.1. The van der Waals surface area contributed by atoms with Crippen molar-refractivity contribution < 1.29 is 13.9 Å². The molecular weight excluding hydrogens is 344 g/mol. The van der Waals surface area contributed by atoms with E-state index in [9.17, 15) is 4.79 Å². The van der Waals surface area contributed by atoms with Crippen LogP contribution in [0, 0.1) is 0 Å². The first kappa shape index (κ1) is 16.7. The number of benzene rings is 2. The highest BCUT2D eigenvalue weighted by Gasteiger charge is 2.13. The number of aromatic nitrogens is 2. The van der Waals surface area contributed by atoms with Crippen LogP contribution < -0.4 is 15.8 Å². The predicted molar refractivity (Wildman–Crippen MR) is 102 cm³/mol. The summed E-state index contributed by atoms with van der Waals surface area (Å²) in [7, 11) is 1.61. The lowest BCUT2D eigenvalue weighted by Crippen LogP contribution is -2.22. The molecule has 2 aromatic heterocycles. The Kier molecular flexibility index (Phi) is 4.25. The molecule has 4 N–H and O–H groups in total. The number of hydrogen-bond donors (Lipinski definition) is 3. The molecule has 0 aliphatic carbocycles. The normalized spacial score (nSPS) is 10.9. The van der Waals surface area contributed by atoms with E-state index < -0.39 is 0 Å². The fourth-order valence-electron chi connectivity index (χ4n) is 2.86. The van der Waals surface area contributed by atoms with E-state index in [0.717, 1.165) is 27.8 Å². The summed E-state index contributed by atoms with van der Waals surface area (Å²) in [5.41, 5.74) is 8.37. The number of aromatic amines is 1. The van der Waals surface area contributed by atoms with Crippen LogP contribution in [0.1, 0.15) is 16.1 Å². The molecular formula is C20H18N4O3. The van der Waals surface area contributed by atoms with Gasteiger partial charge in [-0.25, -0.2) is 0 Å². The van der Waals surface area contributed by atoms with Crippen molar-refractivity contribution in [2.45, 2.75) is 6.54 Å². The van der Waals surface area contributed by atoms with Crippen LogP contribution in [-0.2, 0) is 6.54 Å². The number of anilines is 1. The molecule has 0 aliphatic heterocycles. The number of furan rings is 1. The van der Waals surface area contributed by atoms with Gasteiger partial charge in [0.1, 0.15) is 11.5 Å². The van der Waals surface area contributed by atoms with E-state index in [2.05, 4.69) is 15.5 Å². The fraction of sp³-hybridized carbons (Fsp3) is 0.100. The number of carbonyl (C=O) groups excluding carboxylic acids is 1. The second-order valence-corrected chi connectivity index (χ2v) is 6.07. The number of methoxy groups -OCH3 is 1. The molecule has 2 aromatic carbocycles. The maximum Gasteiger partial charge on any atom is 0.287 e. The van der Waals surface area contributed by atoms with Crippen molar-refractivity contribution in [3.8, 4) is 17.1 Å². The van der Waals surface area contributed by atoms with Crippen molar-refractivity contribution in [3.63, 3.8) is 0 Å². The molecule has 0 radical (unpaired) electrons. The number of nitrogens with two attached hydrogens (primary N) is 1. The van der Waals surface area contributed by atoms with Gasteiger partial charge in [0.25, 0.3) is 5.91 Å². The summed E-state index contributed by atoms with van der Waals surface area (Å²) in [6, 6.07) is 16.6. The zero-order chi connectivity index (χ0) is 18.8. The highest BCUT2D eigenvalue weighted by atomic mass is 16.5. The Bertz CT molecular complexity index is 1110.